The van der Waals surface area contributed by atoms with Crippen LogP contribution in [0.5, 0.6) is 0 Å². The summed E-state index contributed by atoms with van der Waals surface area (Å²) < 4.78 is 14.8. The van der Waals surface area contributed by atoms with Crippen LogP contribution in [-0.4, -0.2) is 34.3 Å². The molecule has 2 heterocycles. The summed E-state index contributed by atoms with van der Waals surface area (Å²) in [6, 6.07) is 13.1. The minimum atomic E-state index is -0.158. The summed E-state index contributed by atoms with van der Waals surface area (Å²) in [5.74, 6) is 7.14. The standard InChI is InChI=1S/C23H24FN3/c1-26-17-21-16-18(6-9-23(21)25-26)3-2-12-27-13-10-20(11-14-27)15-19-4-7-22(24)8-5-19/h4-9,16-17,20H,10-15H2,1H3. The van der Waals surface area contributed by atoms with Crippen molar-refractivity contribution >= 4 is 10.9 Å². The maximum absolute atomic E-state index is 13.0. The number of aryl methyl sites for hydroxylation is 1. The predicted octanol–water partition coefficient (Wildman–Crippen LogP) is 4.02. The molecular formula is C23H24FN3. The van der Waals surface area contributed by atoms with Crippen LogP contribution in [0.1, 0.15) is 24.0 Å². The zero-order valence-corrected chi connectivity index (χ0v) is 15.7. The lowest BCUT2D eigenvalue weighted by molar-refractivity contribution is 0.203. The smallest absolute Gasteiger partial charge is 0.123 e. The molecule has 0 saturated carbocycles. The van der Waals surface area contributed by atoms with Crippen LogP contribution < -0.4 is 0 Å². The Balaban J connectivity index is 1.28. The quantitative estimate of drug-likeness (QED) is 0.657. The molecule has 1 saturated heterocycles. The number of benzene rings is 2. The summed E-state index contributed by atoms with van der Waals surface area (Å²) in [7, 11) is 1.94. The van der Waals surface area contributed by atoms with Crippen LogP contribution in [0.3, 0.4) is 0 Å². The number of aromatic nitrogens is 2. The Kier molecular flexibility index (Phi) is 5.22. The van der Waals surface area contributed by atoms with E-state index in [9.17, 15) is 4.39 Å². The van der Waals surface area contributed by atoms with E-state index in [1.54, 1.807) is 12.1 Å². The van der Waals surface area contributed by atoms with Crippen LogP contribution >= 0.6 is 0 Å². The highest BCUT2D eigenvalue weighted by molar-refractivity contribution is 5.79. The van der Waals surface area contributed by atoms with Crippen molar-refractivity contribution in [3.63, 3.8) is 0 Å². The Hall–Kier alpha value is -2.64. The molecular weight excluding hydrogens is 337 g/mol. The summed E-state index contributed by atoms with van der Waals surface area (Å²) >= 11 is 0. The molecule has 0 bridgehead atoms. The fraction of sp³-hybridized carbons (Fsp3) is 0.348. The van der Waals surface area contributed by atoms with Crippen LogP contribution in [0, 0.1) is 23.6 Å². The second-order valence-electron chi connectivity index (χ2n) is 7.43. The second kappa shape index (κ2) is 7.94. The molecule has 1 aliphatic heterocycles. The highest BCUT2D eigenvalue weighted by atomic mass is 19.1. The van der Waals surface area contributed by atoms with E-state index < -0.39 is 0 Å². The lowest BCUT2D eigenvalue weighted by atomic mass is 9.90. The largest absolute Gasteiger partial charge is 0.292 e. The number of nitrogens with zero attached hydrogens (tertiary/aromatic N) is 3. The first-order valence-electron chi connectivity index (χ1n) is 9.55. The zero-order valence-electron chi connectivity index (χ0n) is 15.7. The first kappa shape index (κ1) is 17.8. The molecule has 0 aliphatic carbocycles. The van der Waals surface area contributed by atoms with Gasteiger partial charge in [0.15, 0.2) is 0 Å². The molecule has 27 heavy (non-hydrogen) atoms. The Morgan fingerprint density at radius 3 is 2.67 bits per heavy atom. The van der Waals surface area contributed by atoms with Crippen LogP contribution in [0.25, 0.3) is 10.9 Å². The molecule has 4 heteroatoms. The third-order valence-corrected chi connectivity index (χ3v) is 5.30. The van der Waals surface area contributed by atoms with E-state index in [0.29, 0.717) is 5.92 Å². The van der Waals surface area contributed by atoms with Crippen LogP contribution in [-0.2, 0) is 13.5 Å². The van der Waals surface area contributed by atoms with Crippen molar-refractivity contribution in [1.82, 2.24) is 14.7 Å². The van der Waals surface area contributed by atoms with Gasteiger partial charge in [-0.25, -0.2) is 4.39 Å². The van der Waals surface area contributed by atoms with Gasteiger partial charge in [0.05, 0.1) is 12.1 Å². The van der Waals surface area contributed by atoms with E-state index >= 15 is 0 Å². The number of hydrogen-bond donors (Lipinski definition) is 0. The lowest BCUT2D eigenvalue weighted by Crippen LogP contribution is -2.34. The molecule has 0 unspecified atom stereocenters. The van der Waals surface area contributed by atoms with Crippen molar-refractivity contribution in [2.24, 2.45) is 13.0 Å². The molecule has 0 spiro atoms. The Labute approximate surface area is 159 Å². The van der Waals surface area contributed by atoms with Gasteiger partial charge < -0.3 is 0 Å². The minimum absolute atomic E-state index is 0.158. The Morgan fingerprint density at radius 2 is 1.89 bits per heavy atom. The van der Waals surface area contributed by atoms with E-state index in [1.807, 2.05) is 42.2 Å². The SMILES string of the molecule is Cn1cc2cc(C#CCN3CCC(Cc4ccc(F)cc4)CC3)ccc2n1. The van der Waals surface area contributed by atoms with E-state index in [-0.39, 0.29) is 5.82 Å². The van der Waals surface area contributed by atoms with Gasteiger partial charge >= 0.3 is 0 Å². The highest BCUT2D eigenvalue weighted by Crippen LogP contribution is 2.21. The topological polar surface area (TPSA) is 21.1 Å². The number of fused-ring (bicyclic) bond motifs is 1. The van der Waals surface area contributed by atoms with Crippen LogP contribution in [0.4, 0.5) is 4.39 Å². The maximum Gasteiger partial charge on any atom is 0.123 e. The van der Waals surface area contributed by atoms with Crippen molar-refractivity contribution in [2.45, 2.75) is 19.3 Å². The summed E-state index contributed by atoms with van der Waals surface area (Å²) in [6.07, 6.45) is 5.43. The minimum Gasteiger partial charge on any atom is -0.292 e. The van der Waals surface area contributed by atoms with Gasteiger partial charge in [0.2, 0.25) is 0 Å². The summed E-state index contributed by atoms with van der Waals surface area (Å²) in [4.78, 5) is 2.43. The number of piperidine rings is 1. The highest BCUT2D eigenvalue weighted by Gasteiger charge is 2.18. The molecule has 0 N–H and O–H groups in total. The molecule has 1 aromatic heterocycles. The average molecular weight is 361 g/mol. The monoisotopic (exact) mass is 361 g/mol. The van der Waals surface area contributed by atoms with Crippen molar-refractivity contribution in [3.8, 4) is 11.8 Å². The van der Waals surface area contributed by atoms with E-state index in [1.165, 1.54) is 18.4 Å². The van der Waals surface area contributed by atoms with Crippen LogP contribution in [0.2, 0.25) is 0 Å². The predicted molar refractivity (Wildman–Crippen MR) is 107 cm³/mol. The average Bonchev–Trinajstić information content (AvgIpc) is 3.04. The normalized spacial score (nSPS) is 15.6. The zero-order chi connectivity index (χ0) is 18.6. The van der Waals surface area contributed by atoms with Crippen molar-refractivity contribution in [3.05, 3.63) is 65.6 Å². The van der Waals surface area contributed by atoms with Gasteiger partial charge in [-0.05, 0) is 74.2 Å². The van der Waals surface area contributed by atoms with Gasteiger partial charge in [-0.15, -0.1) is 0 Å². The van der Waals surface area contributed by atoms with Gasteiger partial charge in [0.25, 0.3) is 0 Å². The van der Waals surface area contributed by atoms with E-state index in [4.69, 9.17) is 0 Å². The molecule has 0 amide bonds. The third kappa shape index (κ3) is 4.56. The number of halogens is 1. The molecule has 1 aliphatic rings. The summed E-state index contributed by atoms with van der Waals surface area (Å²) in [5, 5.41) is 5.52. The lowest BCUT2D eigenvalue weighted by Gasteiger charge is -2.30. The number of hydrogen-bond acceptors (Lipinski definition) is 2. The third-order valence-electron chi connectivity index (χ3n) is 5.30. The van der Waals surface area contributed by atoms with Gasteiger partial charge in [0.1, 0.15) is 5.82 Å². The van der Waals surface area contributed by atoms with Crippen molar-refractivity contribution < 1.29 is 4.39 Å². The van der Waals surface area contributed by atoms with E-state index in [0.717, 1.165) is 42.5 Å². The molecule has 138 valence electrons. The molecule has 2 aromatic carbocycles. The fourth-order valence-electron chi connectivity index (χ4n) is 3.78. The second-order valence-corrected chi connectivity index (χ2v) is 7.43. The Morgan fingerprint density at radius 1 is 1.11 bits per heavy atom. The van der Waals surface area contributed by atoms with Gasteiger partial charge in [-0.2, -0.15) is 5.10 Å². The number of rotatable bonds is 3. The molecule has 3 aromatic rings. The van der Waals surface area contributed by atoms with Crippen molar-refractivity contribution in [1.29, 1.82) is 0 Å². The molecule has 1 fully saturated rings. The van der Waals surface area contributed by atoms with Gasteiger partial charge in [-0.3, -0.25) is 9.58 Å². The molecule has 0 radical (unpaired) electrons. The summed E-state index contributed by atoms with van der Waals surface area (Å²) in [5.41, 5.74) is 3.29. The van der Waals surface area contributed by atoms with Gasteiger partial charge in [-0.1, -0.05) is 24.0 Å². The summed E-state index contributed by atoms with van der Waals surface area (Å²) in [6.45, 7) is 2.98. The first-order chi connectivity index (χ1) is 13.2. The number of likely N-dealkylation sites (tertiary alicyclic amines) is 1. The Bertz CT molecular complexity index is 970. The van der Waals surface area contributed by atoms with Crippen LogP contribution in [0.15, 0.2) is 48.7 Å². The van der Waals surface area contributed by atoms with Gasteiger partial charge in [0, 0.05) is 24.2 Å². The van der Waals surface area contributed by atoms with Crippen molar-refractivity contribution in [2.75, 3.05) is 19.6 Å². The van der Waals surface area contributed by atoms with E-state index in [2.05, 4.69) is 27.9 Å². The molecule has 0 atom stereocenters. The maximum atomic E-state index is 13.0. The molecule has 4 rings (SSSR count). The fourth-order valence-corrected chi connectivity index (χ4v) is 3.78. The molecule has 3 nitrogen and oxygen atoms in total. The first-order valence-corrected chi connectivity index (χ1v) is 9.55.